The maximum Gasteiger partial charge on any atom is 0.261 e. The summed E-state index contributed by atoms with van der Waals surface area (Å²) < 4.78 is 0. The van der Waals surface area contributed by atoms with E-state index in [1.54, 1.807) is 6.07 Å². The number of thiazole rings is 1. The number of aryl methyl sites for hydroxylation is 2. The van der Waals surface area contributed by atoms with Crippen LogP contribution < -0.4 is 10.6 Å². The van der Waals surface area contributed by atoms with E-state index in [1.807, 2.05) is 25.3 Å². The molecule has 0 unspecified atom stereocenters. The molecular weight excluding hydrogens is 282 g/mol. The van der Waals surface area contributed by atoms with Crippen LogP contribution in [-0.2, 0) is 4.79 Å². The summed E-state index contributed by atoms with van der Waals surface area (Å²) in [6.07, 6.45) is 0. The lowest BCUT2D eigenvalue weighted by Crippen LogP contribution is -2.32. The Balaban J connectivity index is 1.82. The Morgan fingerprint density at radius 3 is 2.68 bits per heavy atom. The molecule has 0 aliphatic heterocycles. The number of anilines is 1. The highest BCUT2D eigenvalue weighted by Gasteiger charge is 2.10. The van der Waals surface area contributed by atoms with E-state index in [4.69, 9.17) is 0 Å². The van der Waals surface area contributed by atoms with Crippen molar-refractivity contribution in [3.05, 3.63) is 33.0 Å². The van der Waals surface area contributed by atoms with Gasteiger partial charge in [-0.25, -0.2) is 4.98 Å². The minimum Gasteiger partial charge on any atom is -0.342 e. The summed E-state index contributed by atoms with van der Waals surface area (Å²) in [4.78, 5) is 29.1. The first-order chi connectivity index (χ1) is 9.04. The summed E-state index contributed by atoms with van der Waals surface area (Å²) in [5.41, 5.74) is 0.860. The van der Waals surface area contributed by atoms with E-state index >= 15 is 0 Å². The number of hydrogen-bond donors (Lipinski definition) is 2. The fourth-order valence-electron chi connectivity index (χ4n) is 1.38. The van der Waals surface area contributed by atoms with E-state index in [2.05, 4.69) is 15.6 Å². The maximum absolute atomic E-state index is 11.7. The van der Waals surface area contributed by atoms with Gasteiger partial charge in [-0.2, -0.15) is 0 Å². The Morgan fingerprint density at radius 1 is 1.32 bits per heavy atom. The van der Waals surface area contributed by atoms with Gasteiger partial charge in [0.25, 0.3) is 5.91 Å². The number of nitrogens with zero attached hydrogens (tertiary/aromatic N) is 1. The number of nitrogens with one attached hydrogen (secondary N) is 2. The molecule has 0 bridgehead atoms. The second kappa shape index (κ2) is 5.94. The van der Waals surface area contributed by atoms with Gasteiger partial charge in [-0.15, -0.1) is 22.7 Å². The second-order valence-corrected chi connectivity index (χ2v) is 6.08. The van der Waals surface area contributed by atoms with Crippen LogP contribution in [0.3, 0.4) is 0 Å². The van der Waals surface area contributed by atoms with Crippen molar-refractivity contribution < 1.29 is 9.59 Å². The van der Waals surface area contributed by atoms with Gasteiger partial charge in [-0.1, -0.05) is 0 Å². The predicted octanol–water partition coefficient (Wildman–Crippen LogP) is 2.19. The SMILES string of the molecule is Cc1csc(NC(=O)CNC(=O)c2ccc(C)s2)n1. The van der Waals surface area contributed by atoms with Crippen LogP contribution in [0, 0.1) is 13.8 Å². The first-order valence-corrected chi connectivity index (χ1v) is 7.31. The number of aromatic nitrogens is 1. The highest BCUT2D eigenvalue weighted by atomic mass is 32.1. The molecule has 100 valence electrons. The lowest BCUT2D eigenvalue weighted by Gasteiger charge is -2.03. The molecule has 2 aromatic heterocycles. The molecule has 0 atom stereocenters. The Hall–Kier alpha value is -1.73. The van der Waals surface area contributed by atoms with E-state index in [0.29, 0.717) is 10.0 Å². The Labute approximate surface area is 118 Å². The highest BCUT2D eigenvalue weighted by molar-refractivity contribution is 7.14. The molecular formula is C12H13N3O2S2. The van der Waals surface area contributed by atoms with E-state index in [9.17, 15) is 9.59 Å². The number of thiophene rings is 1. The highest BCUT2D eigenvalue weighted by Crippen LogP contribution is 2.15. The van der Waals surface area contributed by atoms with Gasteiger partial charge in [0, 0.05) is 10.3 Å². The summed E-state index contributed by atoms with van der Waals surface area (Å²) >= 11 is 2.76. The molecule has 0 fully saturated rings. The van der Waals surface area contributed by atoms with E-state index in [0.717, 1.165) is 10.6 Å². The van der Waals surface area contributed by atoms with Crippen LogP contribution in [-0.4, -0.2) is 23.3 Å². The molecule has 0 aliphatic carbocycles. The van der Waals surface area contributed by atoms with Gasteiger partial charge >= 0.3 is 0 Å². The van der Waals surface area contributed by atoms with Crippen LogP contribution in [0.15, 0.2) is 17.5 Å². The van der Waals surface area contributed by atoms with Crippen molar-refractivity contribution in [1.29, 1.82) is 0 Å². The predicted molar refractivity (Wildman–Crippen MR) is 76.9 cm³/mol. The second-order valence-electron chi connectivity index (χ2n) is 3.94. The number of carbonyl (C=O) groups is 2. The van der Waals surface area contributed by atoms with Crippen molar-refractivity contribution in [2.24, 2.45) is 0 Å². The first-order valence-electron chi connectivity index (χ1n) is 5.61. The summed E-state index contributed by atoms with van der Waals surface area (Å²) in [6, 6.07) is 3.62. The molecule has 2 heterocycles. The summed E-state index contributed by atoms with van der Waals surface area (Å²) in [7, 11) is 0. The first kappa shape index (κ1) is 13.7. The minimum absolute atomic E-state index is 0.0611. The van der Waals surface area contributed by atoms with Crippen molar-refractivity contribution in [3.63, 3.8) is 0 Å². The molecule has 0 saturated carbocycles. The molecule has 2 amide bonds. The number of rotatable bonds is 4. The average Bonchev–Trinajstić information content (AvgIpc) is 2.95. The van der Waals surface area contributed by atoms with Gasteiger partial charge < -0.3 is 10.6 Å². The Kier molecular flexibility index (Phi) is 4.28. The molecule has 0 spiro atoms. The Morgan fingerprint density at radius 2 is 2.11 bits per heavy atom. The van der Waals surface area contributed by atoms with E-state index < -0.39 is 0 Å². The standard InChI is InChI=1S/C12H13N3O2S2/c1-7-6-18-12(14-7)15-10(16)5-13-11(17)9-4-3-8(2)19-9/h3-4,6H,5H2,1-2H3,(H,13,17)(H,14,15,16). The van der Waals surface area contributed by atoms with Crippen LogP contribution in [0.4, 0.5) is 5.13 Å². The van der Waals surface area contributed by atoms with E-state index in [1.165, 1.54) is 22.7 Å². The summed E-state index contributed by atoms with van der Waals surface area (Å²) in [6.45, 7) is 3.72. The Bertz CT molecular complexity index is 604. The van der Waals surface area contributed by atoms with Crippen molar-refractivity contribution >= 4 is 39.6 Å². The fourth-order valence-corrected chi connectivity index (χ4v) is 2.87. The molecule has 2 N–H and O–H groups in total. The van der Waals surface area contributed by atoms with Crippen LogP contribution in [0.1, 0.15) is 20.2 Å². The topological polar surface area (TPSA) is 71.1 Å². The largest absolute Gasteiger partial charge is 0.342 e. The van der Waals surface area contributed by atoms with Crippen molar-refractivity contribution in [3.8, 4) is 0 Å². The molecule has 2 rings (SSSR count). The van der Waals surface area contributed by atoms with Crippen LogP contribution >= 0.6 is 22.7 Å². The fraction of sp³-hybridized carbons (Fsp3) is 0.250. The zero-order chi connectivity index (χ0) is 13.8. The third-order valence-electron chi connectivity index (χ3n) is 2.24. The summed E-state index contributed by atoms with van der Waals surface area (Å²) in [5, 5.41) is 7.60. The van der Waals surface area contributed by atoms with Gasteiger partial charge in [0.2, 0.25) is 5.91 Å². The number of hydrogen-bond acceptors (Lipinski definition) is 5. The molecule has 0 saturated heterocycles. The molecule has 0 aliphatic rings. The normalized spacial score (nSPS) is 10.2. The van der Waals surface area contributed by atoms with Gasteiger partial charge in [-0.3, -0.25) is 9.59 Å². The van der Waals surface area contributed by atoms with Crippen LogP contribution in [0.2, 0.25) is 0 Å². The molecule has 0 aromatic carbocycles. The average molecular weight is 295 g/mol. The van der Waals surface area contributed by atoms with Gasteiger partial charge in [-0.05, 0) is 26.0 Å². The summed E-state index contributed by atoms with van der Waals surface area (Å²) in [5.74, 6) is -0.514. The molecule has 19 heavy (non-hydrogen) atoms. The van der Waals surface area contributed by atoms with Gasteiger partial charge in [0.1, 0.15) is 0 Å². The monoisotopic (exact) mass is 295 g/mol. The molecule has 2 aromatic rings. The van der Waals surface area contributed by atoms with Gasteiger partial charge in [0.05, 0.1) is 17.1 Å². The minimum atomic E-state index is -0.282. The molecule has 0 radical (unpaired) electrons. The van der Waals surface area contributed by atoms with Crippen LogP contribution in [0.5, 0.6) is 0 Å². The quantitative estimate of drug-likeness (QED) is 0.908. The van der Waals surface area contributed by atoms with E-state index in [-0.39, 0.29) is 18.4 Å². The van der Waals surface area contributed by atoms with Gasteiger partial charge in [0.15, 0.2) is 5.13 Å². The third-order valence-corrected chi connectivity index (χ3v) is 4.11. The lowest BCUT2D eigenvalue weighted by molar-refractivity contribution is -0.115. The number of amides is 2. The zero-order valence-electron chi connectivity index (χ0n) is 10.5. The smallest absolute Gasteiger partial charge is 0.261 e. The third kappa shape index (κ3) is 3.87. The van der Waals surface area contributed by atoms with Crippen LogP contribution in [0.25, 0.3) is 0 Å². The molecule has 7 heteroatoms. The molecule has 5 nitrogen and oxygen atoms in total. The van der Waals surface area contributed by atoms with Crippen molar-refractivity contribution in [2.75, 3.05) is 11.9 Å². The van der Waals surface area contributed by atoms with Crippen molar-refractivity contribution in [2.45, 2.75) is 13.8 Å². The number of carbonyl (C=O) groups excluding carboxylic acids is 2. The maximum atomic E-state index is 11.7. The zero-order valence-corrected chi connectivity index (χ0v) is 12.2. The van der Waals surface area contributed by atoms with Crippen molar-refractivity contribution in [1.82, 2.24) is 10.3 Å². The lowest BCUT2D eigenvalue weighted by atomic mass is 10.4.